The SMILES string of the molecule is CN1CCC(C2Oc3cc(F)ccc3Sc3ccc(SC(F)(F)F)cc32)CC1. The highest BCUT2D eigenvalue weighted by molar-refractivity contribution is 8.00. The Kier molecular flexibility index (Phi) is 5.55. The molecular weight excluding hydrogens is 410 g/mol. The maximum atomic E-state index is 13.8. The smallest absolute Gasteiger partial charge is 0.446 e. The van der Waals surface area contributed by atoms with Gasteiger partial charge < -0.3 is 9.64 Å². The van der Waals surface area contributed by atoms with E-state index in [0.29, 0.717) is 5.75 Å². The molecule has 8 heteroatoms. The molecule has 0 amide bonds. The predicted molar refractivity (Wildman–Crippen MR) is 102 cm³/mol. The molecule has 28 heavy (non-hydrogen) atoms. The van der Waals surface area contributed by atoms with Crippen LogP contribution < -0.4 is 4.74 Å². The number of ether oxygens (including phenoxy) is 1. The van der Waals surface area contributed by atoms with E-state index in [-0.39, 0.29) is 28.4 Å². The van der Waals surface area contributed by atoms with Crippen molar-refractivity contribution in [1.82, 2.24) is 4.90 Å². The fourth-order valence-electron chi connectivity index (χ4n) is 3.70. The Morgan fingerprint density at radius 2 is 1.79 bits per heavy atom. The molecule has 2 heterocycles. The van der Waals surface area contributed by atoms with Crippen molar-refractivity contribution < 1.29 is 22.3 Å². The topological polar surface area (TPSA) is 12.5 Å². The zero-order valence-electron chi connectivity index (χ0n) is 15.1. The molecule has 1 atom stereocenters. The Morgan fingerprint density at radius 1 is 1.07 bits per heavy atom. The van der Waals surface area contributed by atoms with Gasteiger partial charge in [0, 0.05) is 27.3 Å². The maximum Gasteiger partial charge on any atom is 0.446 e. The van der Waals surface area contributed by atoms with Gasteiger partial charge in [0.25, 0.3) is 0 Å². The molecule has 150 valence electrons. The molecule has 0 aromatic heterocycles. The summed E-state index contributed by atoms with van der Waals surface area (Å²) in [5, 5.41) is 0. The average Bonchev–Trinajstić information content (AvgIpc) is 2.77. The van der Waals surface area contributed by atoms with Crippen LogP contribution in [0, 0.1) is 11.7 Å². The highest BCUT2D eigenvalue weighted by Gasteiger charge is 2.35. The molecule has 4 rings (SSSR count). The third kappa shape index (κ3) is 4.44. The predicted octanol–water partition coefficient (Wildman–Crippen LogP) is 6.36. The fraction of sp³-hybridized carbons (Fsp3) is 0.400. The first-order valence-corrected chi connectivity index (χ1v) is 10.6. The minimum atomic E-state index is -4.35. The van der Waals surface area contributed by atoms with Crippen LogP contribution in [0.2, 0.25) is 0 Å². The van der Waals surface area contributed by atoms with Gasteiger partial charge in [-0.15, -0.1) is 0 Å². The lowest BCUT2D eigenvalue weighted by molar-refractivity contribution is -0.0328. The van der Waals surface area contributed by atoms with E-state index < -0.39 is 11.6 Å². The van der Waals surface area contributed by atoms with Gasteiger partial charge in [-0.05, 0) is 75.1 Å². The Labute approximate surface area is 169 Å². The van der Waals surface area contributed by atoms with Gasteiger partial charge in [-0.1, -0.05) is 11.8 Å². The van der Waals surface area contributed by atoms with Crippen LogP contribution >= 0.6 is 23.5 Å². The van der Waals surface area contributed by atoms with Crippen molar-refractivity contribution in [1.29, 1.82) is 0 Å². The minimum Gasteiger partial charge on any atom is -0.484 e. The number of nitrogens with zero attached hydrogens (tertiary/aromatic N) is 1. The molecule has 2 aromatic carbocycles. The summed E-state index contributed by atoms with van der Waals surface area (Å²) < 4.78 is 58.7. The van der Waals surface area contributed by atoms with E-state index in [0.717, 1.165) is 41.3 Å². The number of piperidine rings is 1. The van der Waals surface area contributed by atoms with E-state index >= 15 is 0 Å². The highest BCUT2D eigenvalue weighted by Crippen LogP contribution is 2.49. The van der Waals surface area contributed by atoms with Crippen LogP contribution in [0.15, 0.2) is 51.1 Å². The summed E-state index contributed by atoms with van der Waals surface area (Å²) in [6.45, 7) is 1.81. The van der Waals surface area contributed by atoms with Gasteiger partial charge >= 0.3 is 5.51 Å². The molecule has 0 radical (unpaired) electrons. The lowest BCUT2D eigenvalue weighted by atomic mass is 9.87. The van der Waals surface area contributed by atoms with Crippen molar-refractivity contribution >= 4 is 23.5 Å². The monoisotopic (exact) mass is 429 g/mol. The largest absolute Gasteiger partial charge is 0.484 e. The van der Waals surface area contributed by atoms with Crippen LogP contribution in [-0.4, -0.2) is 30.5 Å². The molecule has 2 aliphatic heterocycles. The molecule has 2 nitrogen and oxygen atoms in total. The number of benzene rings is 2. The fourth-order valence-corrected chi connectivity index (χ4v) is 5.30. The quantitative estimate of drug-likeness (QED) is 0.406. The van der Waals surface area contributed by atoms with Gasteiger partial charge in [-0.3, -0.25) is 0 Å². The van der Waals surface area contributed by atoms with Gasteiger partial charge in [0.05, 0.1) is 4.90 Å². The average molecular weight is 430 g/mol. The summed E-state index contributed by atoms with van der Waals surface area (Å²) in [5.41, 5.74) is -3.59. The van der Waals surface area contributed by atoms with E-state index in [4.69, 9.17) is 4.74 Å². The number of rotatable bonds is 2. The van der Waals surface area contributed by atoms with Crippen molar-refractivity contribution in [3.8, 4) is 5.75 Å². The number of likely N-dealkylation sites (tertiary alicyclic amines) is 1. The highest BCUT2D eigenvalue weighted by atomic mass is 32.2. The second-order valence-corrected chi connectivity index (χ2v) is 9.34. The summed E-state index contributed by atoms with van der Waals surface area (Å²) in [6.07, 6.45) is 1.37. The van der Waals surface area contributed by atoms with E-state index in [2.05, 4.69) is 11.9 Å². The Hall–Kier alpha value is -1.38. The molecule has 1 fully saturated rings. The number of halogens is 4. The van der Waals surface area contributed by atoms with E-state index in [9.17, 15) is 17.6 Å². The zero-order valence-corrected chi connectivity index (χ0v) is 16.8. The Morgan fingerprint density at radius 3 is 2.50 bits per heavy atom. The molecule has 1 unspecified atom stereocenters. The van der Waals surface area contributed by atoms with Crippen LogP contribution in [0.4, 0.5) is 17.6 Å². The van der Waals surface area contributed by atoms with Crippen molar-refractivity contribution in [2.45, 2.75) is 39.1 Å². The van der Waals surface area contributed by atoms with Gasteiger partial charge in [0.2, 0.25) is 0 Å². The molecule has 0 bridgehead atoms. The number of hydrogen-bond acceptors (Lipinski definition) is 4. The third-order valence-electron chi connectivity index (χ3n) is 5.09. The van der Waals surface area contributed by atoms with Crippen LogP contribution in [0.5, 0.6) is 5.75 Å². The first-order valence-electron chi connectivity index (χ1n) is 9.01. The van der Waals surface area contributed by atoms with Crippen LogP contribution in [0.3, 0.4) is 0 Å². The molecular formula is C20H19F4NOS2. The van der Waals surface area contributed by atoms with Gasteiger partial charge in [0.1, 0.15) is 17.7 Å². The van der Waals surface area contributed by atoms with E-state index in [1.165, 1.54) is 30.0 Å². The summed E-state index contributed by atoms with van der Waals surface area (Å²) >= 11 is 1.30. The lowest BCUT2D eigenvalue weighted by Crippen LogP contribution is -2.34. The minimum absolute atomic E-state index is 0.117. The van der Waals surface area contributed by atoms with Crippen molar-refractivity contribution in [3.63, 3.8) is 0 Å². The van der Waals surface area contributed by atoms with Crippen molar-refractivity contribution in [2.24, 2.45) is 5.92 Å². The number of alkyl halides is 3. The standard InChI is InChI=1S/C20H19F4NOS2/c1-25-8-6-12(7-9-25)19-15-11-14(28-20(22,23)24)3-5-17(15)27-18-4-2-13(21)10-16(18)26-19/h2-5,10-12,19H,6-9H2,1H3. The Bertz CT molecular complexity index is 866. The van der Waals surface area contributed by atoms with Crippen molar-refractivity contribution in [2.75, 3.05) is 20.1 Å². The van der Waals surface area contributed by atoms with Gasteiger partial charge in [0.15, 0.2) is 0 Å². The Balaban J connectivity index is 1.75. The second-order valence-electron chi connectivity index (χ2n) is 7.12. The molecule has 0 N–H and O–H groups in total. The summed E-state index contributed by atoms with van der Waals surface area (Å²) in [7, 11) is 2.05. The van der Waals surface area contributed by atoms with E-state index in [1.54, 1.807) is 18.2 Å². The van der Waals surface area contributed by atoms with Crippen molar-refractivity contribution in [3.05, 3.63) is 47.8 Å². The van der Waals surface area contributed by atoms with Gasteiger partial charge in [-0.2, -0.15) is 13.2 Å². The summed E-state index contributed by atoms with van der Waals surface area (Å²) in [4.78, 5) is 4.01. The molecule has 0 saturated carbocycles. The van der Waals surface area contributed by atoms with Crippen LogP contribution in [0.25, 0.3) is 0 Å². The summed E-state index contributed by atoms with van der Waals surface area (Å²) in [5.74, 6) is 0.229. The van der Waals surface area contributed by atoms with Gasteiger partial charge in [-0.25, -0.2) is 4.39 Å². The second kappa shape index (κ2) is 7.80. The van der Waals surface area contributed by atoms with Crippen LogP contribution in [-0.2, 0) is 0 Å². The number of thioether (sulfide) groups is 1. The third-order valence-corrected chi connectivity index (χ3v) is 6.96. The first-order chi connectivity index (χ1) is 13.3. The molecule has 1 saturated heterocycles. The molecule has 0 aliphatic carbocycles. The molecule has 2 aromatic rings. The normalized spacial score (nSPS) is 20.8. The number of hydrogen-bond donors (Lipinski definition) is 0. The number of fused-ring (bicyclic) bond motifs is 2. The van der Waals surface area contributed by atoms with Crippen LogP contribution in [0.1, 0.15) is 24.5 Å². The molecule has 2 aliphatic rings. The maximum absolute atomic E-state index is 13.8. The molecule has 0 spiro atoms. The first kappa shape index (κ1) is 19.9. The summed E-state index contributed by atoms with van der Waals surface area (Å²) in [6, 6.07) is 9.20. The van der Waals surface area contributed by atoms with E-state index in [1.807, 2.05) is 0 Å². The lowest BCUT2D eigenvalue weighted by Gasteiger charge is -2.34. The zero-order chi connectivity index (χ0) is 19.9.